The first-order valence-electron chi connectivity index (χ1n) is 7.10. The first kappa shape index (κ1) is 16.5. The minimum Gasteiger partial charge on any atom is -0.494 e. The summed E-state index contributed by atoms with van der Waals surface area (Å²) in [6.07, 6.45) is 0. The number of benzene rings is 1. The van der Waals surface area contributed by atoms with Gasteiger partial charge in [0.2, 0.25) is 0 Å². The van der Waals surface area contributed by atoms with Crippen LogP contribution in [0.2, 0.25) is 0 Å². The quantitative estimate of drug-likeness (QED) is 0.751. The highest BCUT2D eigenvalue weighted by molar-refractivity contribution is 9.10. The van der Waals surface area contributed by atoms with E-state index < -0.39 is 5.97 Å². The van der Waals surface area contributed by atoms with Crippen LogP contribution in [0, 0.1) is 0 Å². The van der Waals surface area contributed by atoms with Crippen molar-refractivity contribution in [2.75, 3.05) is 13.7 Å². The highest BCUT2D eigenvalue weighted by Crippen LogP contribution is 2.33. The maximum atomic E-state index is 12.1. The first-order chi connectivity index (χ1) is 10.5. The van der Waals surface area contributed by atoms with E-state index >= 15 is 0 Å². The first-order valence-corrected chi connectivity index (χ1v) is 7.89. The van der Waals surface area contributed by atoms with Gasteiger partial charge in [0.05, 0.1) is 23.9 Å². The second-order valence-electron chi connectivity index (χ2n) is 5.01. The molecule has 0 amide bonds. The van der Waals surface area contributed by atoms with Crippen LogP contribution < -0.4 is 4.74 Å². The van der Waals surface area contributed by atoms with Gasteiger partial charge in [0.15, 0.2) is 5.69 Å². The summed E-state index contributed by atoms with van der Waals surface area (Å²) in [5, 5.41) is 4.44. The fourth-order valence-corrected chi connectivity index (χ4v) is 3.10. The van der Waals surface area contributed by atoms with Gasteiger partial charge in [-0.3, -0.25) is 0 Å². The number of rotatable bonds is 5. The van der Waals surface area contributed by atoms with E-state index in [0.717, 1.165) is 11.4 Å². The monoisotopic (exact) mass is 366 g/mol. The lowest BCUT2D eigenvalue weighted by Gasteiger charge is -2.13. The molecule has 0 saturated heterocycles. The summed E-state index contributed by atoms with van der Waals surface area (Å²) in [5.74, 6) is 0.412. The van der Waals surface area contributed by atoms with Gasteiger partial charge in [-0.1, -0.05) is 26.0 Å². The Balaban J connectivity index is 2.65. The molecular weight excluding hydrogens is 348 g/mol. The average molecular weight is 367 g/mol. The number of hydrogen-bond donors (Lipinski definition) is 0. The maximum Gasteiger partial charge on any atom is 0.360 e. The van der Waals surface area contributed by atoms with E-state index in [4.69, 9.17) is 9.47 Å². The number of halogens is 1. The third-order valence-electron chi connectivity index (χ3n) is 3.19. The zero-order valence-corrected chi connectivity index (χ0v) is 14.7. The number of methoxy groups -OCH3 is 1. The molecule has 0 spiro atoms. The minimum atomic E-state index is -0.440. The second-order valence-corrected chi connectivity index (χ2v) is 5.80. The zero-order valence-electron chi connectivity index (χ0n) is 13.1. The lowest BCUT2D eigenvalue weighted by atomic mass is 10.1. The van der Waals surface area contributed by atoms with Crippen LogP contribution in [0.5, 0.6) is 5.75 Å². The molecule has 5 nitrogen and oxygen atoms in total. The second kappa shape index (κ2) is 6.96. The number of aromatic nitrogens is 2. The molecule has 0 aliphatic rings. The SMILES string of the molecule is CCOC(=O)c1nn(-c2ccccc2OC)c(C(C)C)c1Br. The number of hydrogen-bond acceptors (Lipinski definition) is 4. The summed E-state index contributed by atoms with van der Waals surface area (Å²) in [5.41, 5.74) is 1.95. The van der Waals surface area contributed by atoms with E-state index in [9.17, 15) is 4.79 Å². The van der Waals surface area contributed by atoms with Gasteiger partial charge < -0.3 is 9.47 Å². The lowest BCUT2D eigenvalue weighted by Crippen LogP contribution is -2.08. The molecule has 0 radical (unpaired) electrons. The largest absolute Gasteiger partial charge is 0.494 e. The topological polar surface area (TPSA) is 53.3 Å². The van der Waals surface area contributed by atoms with Crippen molar-refractivity contribution in [1.29, 1.82) is 0 Å². The smallest absolute Gasteiger partial charge is 0.360 e. The number of carbonyl (C=O) groups excluding carboxylic acids is 1. The van der Waals surface area contributed by atoms with E-state index in [1.165, 1.54) is 0 Å². The van der Waals surface area contributed by atoms with Crippen LogP contribution in [0.4, 0.5) is 0 Å². The summed E-state index contributed by atoms with van der Waals surface area (Å²) in [6, 6.07) is 7.56. The molecule has 22 heavy (non-hydrogen) atoms. The van der Waals surface area contributed by atoms with Crippen molar-refractivity contribution in [3.63, 3.8) is 0 Å². The Hall–Kier alpha value is -1.82. The van der Waals surface area contributed by atoms with Gasteiger partial charge in [-0.2, -0.15) is 5.10 Å². The number of nitrogens with zero attached hydrogens (tertiary/aromatic N) is 2. The summed E-state index contributed by atoms with van der Waals surface area (Å²) in [6.45, 7) is 6.17. The molecule has 0 aliphatic carbocycles. The van der Waals surface area contributed by atoms with Crippen LogP contribution in [0.1, 0.15) is 42.9 Å². The Kier molecular flexibility index (Phi) is 5.24. The molecule has 1 aromatic carbocycles. The minimum absolute atomic E-state index is 0.162. The van der Waals surface area contributed by atoms with Crippen LogP contribution in [0.15, 0.2) is 28.7 Å². The van der Waals surface area contributed by atoms with Crippen LogP contribution in [-0.2, 0) is 4.74 Å². The van der Waals surface area contributed by atoms with Gasteiger partial charge in [-0.25, -0.2) is 9.48 Å². The zero-order chi connectivity index (χ0) is 16.3. The summed E-state index contributed by atoms with van der Waals surface area (Å²) < 4.78 is 12.9. The van der Waals surface area contributed by atoms with Gasteiger partial charge in [0.1, 0.15) is 11.4 Å². The van der Waals surface area contributed by atoms with Crippen molar-refractivity contribution in [2.24, 2.45) is 0 Å². The van der Waals surface area contributed by atoms with Gasteiger partial charge in [0, 0.05) is 0 Å². The number of carbonyl (C=O) groups is 1. The van der Waals surface area contributed by atoms with Crippen molar-refractivity contribution in [3.05, 3.63) is 40.1 Å². The number of esters is 1. The molecule has 0 N–H and O–H groups in total. The third kappa shape index (κ3) is 3.02. The summed E-state index contributed by atoms with van der Waals surface area (Å²) in [4.78, 5) is 12.1. The fraction of sp³-hybridized carbons (Fsp3) is 0.375. The Bertz CT molecular complexity index is 680. The molecule has 6 heteroatoms. The molecule has 0 atom stereocenters. The highest BCUT2D eigenvalue weighted by Gasteiger charge is 2.25. The van der Waals surface area contributed by atoms with Gasteiger partial charge in [-0.05, 0) is 40.9 Å². The van der Waals surface area contributed by atoms with E-state index in [0.29, 0.717) is 16.8 Å². The molecule has 2 rings (SSSR count). The van der Waals surface area contributed by atoms with Crippen molar-refractivity contribution in [2.45, 2.75) is 26.7 Å². The van der Waals surface area contributed by atoms with Crippen LogP contribution in [0.3, 0.4) is 0 Å². The molecule has 0 fully saturated rings. The third-order valence-corrected chi connectivity index (χ3v) is 3.97. The van der Waals surface area contributed by atoms with E-state index in [1.54, 1.807) is 18.7 Å². The standard InChI is InChI=1S/C16H19BrN2O3/c1-5-22-16(20)14-13(17)15(10(2)3)19(18-14)11-8-6-7-9-12(11)21-4/h6-10H,5H2,1-4H3. The van der Waals surface area contributed by atoms with Crippen molar-refractivity contribution in [1.82, 2.24) is 9.78 Å². The molecule has 2 aromatic rings. The van der Waals surface area contributed by atoms with Crippen LogP contribution in [-0.4, -0.2) is 29.5 Å². The number of para-hydroxylation sites is 2. The Morgan fingerprint density at radius 2 is 2.05 bits per heavy atom. The molecule has 1 heterocycles. The lowest BCUT2D eigenvalue weighted by molar-refractivity contribution is 0.0518. The van der Waals surface area contributed by atoms with Crippen molar-refractivity contribution >= 4 is 21.9 Å². The van der Waals surface area contributed by atoms with Crippen LogP contribution in [0.25, 0.3) is 5.69 Å². The molecule has 0 saturated carbocycles. The van der Waals surface area contributed by atoms with E-state index in [-0.39, 0.29) is 11.6 Å². The maximum absolute atomic E-state index is 12.1. The van der Waals surface area contributed by atoms with Crippen LogP contribution >= 0.6 is 15.9 Å². The fourth-order valence-electron chi connectivity index (χ4n) is 2.23. The van der Waals surface area contributed by atoms with Crippen molar-refractivity contribution in [3.8, 4) is 11.4 Å². The molecule has 1 aromatic heterocycles. The van der Waals surface area contributed by atoms with E-state index in [2.05, 4.69) is 21.0 Å². The van der Waals surface area contributed by atoms with Gasteiger partial charge in [-0.15, -0.1) is 0 Å². The molecule has 118 valence electrons. The average Bonchev–Trinajstić information content (AvgIpc) is 2.85. The summed E-state index contributed by atoms with van der Waals surface area (Å²) >= 11 is 3.49. The van der Waals surface area contributed by atoms with Crippen molar-refractivity contribution < 1.29 is 14.3 Å². The van der Waals surface area contributed by atoms with E-state index in [1.807, 2.05) is 38.1 Å². The Morgan fingerprint density at radius 1 is 1.36 bits per heavy atom. The Labute approximate surface area is 138 Å². The predicted molar refractivity (Wildman–Crippen MR) is 87.9 cm³/mol. The summed E-state index contributed by atoms with van der Waals surface area (Å²) in [7, 11) is 1.61. The van der Waals surface area contributed by atoms with Gasteiger partial charge in [0.25, 0.3) is 0 Å². The highest BCUT2D eigenvalue weighted by atomic mass is 79.9. The van der Waals surface area contributed by atoms with Gasteiger partial charge >= 0.3 is 5.97 Å². The molecule has 0 aliphatic heterocycles. The Morgan fingerprint density at radius 3 is 2.64 bits per heavy atom. The number of ether oxygens (including phenoxy) is 2. The molecular formula is C16H19BrN2O3. The predicted octanol–water partition coefficient (Wildman–Crippen LogP) is 3.94. The normalized spacial score (nSPS) is 10.8. The molecule has 0 unspecified atom stereocenters. The molecule has 0 bridgehead atoms.